The summed E-state index contributed by atoms with van der Waals surface area (Å²) in [5, 5.41) is 0. The van der Waals surface area contributed by atoms with Gasteiger partial charge >= 0.3 is 5.97 Å². The van der Waals surface area contributed by atoms with E-state index in [1.54, 1.807) is 19.2 Å². The zero-order valence-electron chi connectivity index (χ0n) is 11.6. The summed E-state index contributed by atoms with van der Waals surface area (Å²) in [6.45, 7) is 3.66. The maximum atomic E-state index is 11.6. The van der Waals surface area contributed by atoms with Gasteiger partial charge in [0.05, 0.1) is 7.11 Å². The van der Waals surface area contributed by atoms with Gasteiger partial charge in [-0.25, -0.2) is 4.79 Å². The third-order valence-electron chi connectivity index (χ3n) is 2.94. The summed E-state index contributed by atoms with van der Waals surface area (Å²) in [6.07, 6.45) is 0. The molecule has 2 aromatic carbocycles. The van der Waals surface area contributed by atoms with Crippen LogP contribution in [0.1, 0.15) is 0 Å². The predicted octanol–water partition coefficient (Wildman–Crippen LogP) is 4.26. The van der Waals surface area contributed by atoms with Gasteiger partial charge in [-0.2, -0.15) is 0 Å². The molecule has 0 spiro atoms. The number of hydrogen-bond donors (Lipinski definition) is 0. The van der Waals surface area contributed by atoms with Crippen LogP contribution in [-0.4, -0.2) is 17.5 Å². The van der Waals surface area contributed by atoms with Crippen LogP contribution in [-0.2, 0) is 4.79 Å². The van der Waals surface area contributed by atoms with Crippen molar-refractivity contribution in [3.63, 3.8) is 0 Å². The number of rotatable bonds is 5. The van der Waals surface area contributed by atoms with Gasteiger partial charge in [-0.15, -0.1) is 0 Å². The highest BCUT2D eigenvalue weighted by Crippen LogP contribution is 2.24. The lowest BCUT2D eigenvalue weighted by atomic mass is 10.1. The van der Waals surface area contributed by atoms with E-state index in [0.29, 0.717) is 15.8 Å². The minimum absolute atomic E-state index is 0.387. The Morgan fingerprint density at radius 3 is 1.90 bits per heavy atom. The van der Waals surface area contributed by atoms with Crippen LogP contribution in [0.15, 0.2) is 60.7 Å². The highest BCUT2D eigenvalue weighted by molar-refractivity contribution is 14.1. The standard InChI is InChI=1S/C17H15IO3/c1-12(11-18)17(19)21-16-9-5-14(6-10-16)13-3-7-15(20-2)8-4-13/h3-10H,1,11H2,2H3. The molecule has 0 bridgehead atoms. The molecule has 0 aliphatic rings. The maximum absolute atomic E-state index is 11.6. The van der Waals surface area contributed by atoms with Crippen LogP contribution >= 0.6 is 22.6 Å². The summed E-state index contributed by atoms with van der Waals surface area (Å²) >= 11 is 2.08. The van der Waals surface area contributed by atoms with E-state index in [4.69, 9.17) is 9.47 Å². The number of methoxy groups -OCH3 is 1. The van der Waals surface area contributed by atoms with E-state index in [2.05, 4.69) is 29.2 Å². The molecule has 2 rings (SSSR count). The van der Waals surface area contributed by atoms with E-state index < -0.39 is 0 Å². The Bertz CT molecular complexity index is 630. The number of ether oxygens (including phenoxy) is 2. The quantitative estimate of drug-likeness (QED) is 0.250. The Morgan fingerprint density at radius 1 is 1.00 bits per heavy atom. The lowest BCUT2D eigenvalue weighted by Gasteiger charge is -2.07. The van der Waals surface area contributed by atoms with Crippen molar-refractivity contribution in [3.05, 3.63) is 60.7 Å². The van der Waals surface area contributed by atoms with Crippen LogP contribution < -0.4 is 9.47 Å². The Balaban J connectivity index is 2.11. The van der Waals surface area contributed by atoms with Crippen molar-refractivity contribution in [2.45, 2.75) is 0 Å². The normalized spacial score (nSPS) is 10.0. The monoisotopic (exact) mass is 394 g/mol. The first-order valence-electron chi connectivity index (χ1n) is 6.34. The van der Waals surface area contributed by atoms with E-state index in [-0.39, 0.29) is 5.97 Å². The van der Waals surface area contributed by atoms with Crippen molar-refractivity contribution in [2.75, 3.05) is 11.5 Å². The Labute approximate surface area is 137 Å². The molecule has 0 saturated carbocycles. The molecule has 0 radical (unpaired) electrons. The maximum Gasteiger partial charge on any atom is 0.339 e. The van der Waals surface area contributed by atoms with Crippen LogP contribution in [0.5, 0.6) is 11.5 Å². The zero-order valence-corrected chi connectivity index (χ0v) is 13.8. The smallest absolute Gasteiger partial charge is 0.339 e. The van der Waals surface area contributed by atoms with Gasteiger partial charge in [0, 0.05) is 10.0 Å². The van der Waals surface area contributed by atoms with Crippen molar-refractivity contribution in [1.29, 1.82) is 0 Å². The summed E-state index contributed by atoms with van der Waals surface area (Å²) in [7, 11) is 1.64. The fourth-order valence-electron chi connectivity index (χ4n) is 1.73. The largest absolute Gasteiger partial charge is 0.497 e. The molecule has 0 fully saturated rings. The lowest BCUT2D eigenvalue weighted by Crippen LogP contribution is -2.10. The number of esters is 1. The van der Waals surface area contributed by atoms with E-state index in [0.717, 1.165) is 16.9 Å². The van der Waals surface area contributed by atoms with Crippen molar-refractivity contribution >= 4 is 28.6 Å². The zero-order chi connectivity index (χ0) is 15.2. The number of benzene rings is 2. The fourth-order valence-corrected chi connectivity index (χ4v) is 2.04. The fraction of sp³-hybridized carbons (Fsp3) is 0.118. The van der Waals surface area contributed by atoms with E-state index in [9.17, 15) is 4.79 Å². The molecule has 0 amide bonds. The van der Waals surface area contributed by atoms with Crippen LogP contribution in [0.3, 0.4) is 0 Å². The highest BCUT2D eigenvalue weighted by atomic mass is 127. The van der Waals surface area contributed by atoms with Crippen LogP contribution in [0.25, 0.3) is 11.1 Å². The van der Waals surface area contributed by atoms with E-state index >= 15 is 0 Å². The van der Waals surface area contributed by atoms with Gasteiger partial charge in [0.25, 0.3) is 0 Å². The molecule has 3 nitrogen and oxygen atoms in total. The topological polar surface area (TPSA) is 35.5 Å². The molecule has 0 aromatic heterocycles. The molecule has 108 valence electrons. The Kier molecular flexibility index (Phi) is 5.38. The SMILES string of the molecule is C=C(CI)C(=O)Oc1ccc(-c2ccc(OC)cc2)cc1. The van der Waals surface area contributed by atoms with E-state index in [1.165, 1.54) is 0 Å². The van der Waals surface area contributed by atoms with Crippen molar-refractivity contribution in [2.24, 2.45) is 0 Å². The van der Waals surface area contributed by atoms with Crippen molar-refractivity contribution < 1.29 is 14.3 Å². The molecule has 0 aliphatic heterocycles. The summed E-state index contributed by atoms with van der Waals surface area (Å²) in [5.41, 5.74) is 2.57. The van der Waals surface area contributed by atoms with Gasteiger partial charge in [-0.05, 0) is 35.4 Å². The van der Waals surface area contributed by atoms with Crippen LogP contribution in [0.4, 0.5) is 0 Å². The first-order valence-corrected chi connectivity index (χ1v) is 7.87. The van der Waals surface area contributed by atoms with Crippen molar-refractivity contribution in [3.8, 4) is 22.6 Å². The second-order valence-electron chi connectivity index (χ2n) is 4.38. The molecule has 0 atom stereocenters. The lowest BCUT2D eigenvalue weighted by molar-refractivity contribution is -0.129. The average molecular weight is 394 g/mol. The summed E-state index contributed by atoms with van der Waals surface area (Å²) in [4.78, 5) is 11.6. The molecule has 0 N–H and O–H groups in total. The third-order valence-corrected chi connectivity index (χ3v) is 3.86. The third kappa shape index (κ3) is 4.07. The first kappa shape index (κ1) is 15.6. The molecule has 21 heavy (non-hydrogen) atoms. The molecule has 0 heterocycles. The second-order valence-corrected chi connectivity index (χ2v) is 5.14. The number of halogens is 1. The first-order chi connectivity index (χ1) is 10.1. The summed E-state index contributed by atoms with van der Waals surface area (Å²) < 4.78 is 10.9. The van der Waals surface area contributed by atoms with Gasteiger partial charge in [0.15, 0.2) is 0 Å². The van der Waals surface area contributed by atoms with Gasteiger partial charge < -0.3 is 9.47 Å². The van der Waals surface area contributed by atoms with Gasteiger partial charge in [-0.1, -0.05) is 53.4 Å². The molecule has 2 aromatic rings. The molecular formula is C17H15IO3. The molecule has 0 saturated heterocycles. The number of hydrogen-bond acceptors (Lipinski definition) is 3. The Hall–Kier alpha value is -1.82. The average Bonchev–Trinajstić information content (AvgIpc) is 2.55. The van der Waals surface area contributed by atoms with E-state index in [1.807, 2.05) is 36.4 Å². The molecular weight excluding hydrogens is 379 g/mol. The van der Waals surface area contributed by atoms with Crippen molar-refractivity contribution in [1.82, 2.24) is 0 Å². The number of carbonyl (C=O) groups excluding carboxylic acids is 1. The minimum atomic E-state index is -0.387. The highest BCUT2D eigenvalue weighted by Gasteiger charge is 2.08. The Morgan fingerprint density at radius 2 is 1.48 bits per heavy atom. The molecule has 0 unspecified atom stereocenters. The van der Waals surface area contributed by atoms with Gasteiger partial charge in [0.2, 0.25) is 0 Å². The minimum Gasteiger partial charge on any atom is -0.497 e. The summed E-state index contributed by atoms with van der Waals surface area (Å²) in [6, 6.07) is 15.2. The molecule has 0 aliphatic carbocycles. The number of carbonyl (C=O) groups is 1. The number of alkyl halides is 1. The van der Waals surface area contributed by atoms with Crippen LogP contribution in [0.2, 0.25) is 0 Å². The van der Waals surface area contributed by atoms with Crippen LogP contribution in [0, 0.1) is 0 Å². The molecule has 4 heteroatoms. The second kappa shape index (κ2) is 7.26. The van der Waals surface area contributed by atoms with Gasteiger partial charge in [-0.3, -0.25) is 0 Å². The predicted molar refractivity (Wildman–Crippen MR) is 92.1 cm³/mol. The summed E-state index contributed by atoms with van der Waals surface area (Å²) in [5.74, 6) is 0.950. The van der Waals surface area contributed by atoms with Gasteiger partial charge in [0.1, 0.15) is 11.5 Å².